The molecule has 0 aliphatic heterocycles. The van der Waals surface area contributed by atoms with Crippen molar-refractivity contribution in [2.24, 2.45) is 5.84 Å². The predicted molar refractivity (Wildman–Crippen MR) is 33.1 cm³/mol. The minimum Gasteiger partial charge on any atom is -0.358 e. The first-order valence-corrected chi connectivity index (χ1v) is 2.40. The van der Waals surface area contributed by atoms with Crippen molar-refractivity contribution in [1.29, 1.82) is 0 Å². The van der Waals surface area contributed by atoms with Crippen LogP contribution in [0.15, 0.2) is 6.07 Å². The van der Waals surface area contributed by atoms with E-state index in [1.165, 1.54) is 6.07 Å². The van der Waals surface area contributed by atoms with Gasteiger partial charge in [-0.15, -0.1) is 5.10 Å². The molecule has 0 aliphatic carbocycles. The summed E-state index contributed by atoms with van der Waals surface area (Å²) in [7, 11) is 0. The molecule has 10 heavy (non-hydrogen) atoms. The monoisotopic (exact) mass is 143 g/mol. The van der Waals surface area contributed by atoms with Crippen LogP contribution in [0.4, 0.5) is 11.6 Å². The Morgan fingerprint density at radius 1 is 1.90 bits per heavy atom. The maximum atomic E-state index is 10.00. The number of nitrogens with two attached hydrogens (primary N) is 1. The van der Waals surface area contributed by atoms with Gasteiger partial charge in [0.25, 0.3) is 0 Å². The summed E-state index contributed by atoms with van der Waals surface area (Å²) in [6, 6.07) is 1.19. The summed E-state index contributed by atoms with van der Waals surface area (Å²) in [5.74, 6) is 4.96. The van der Waals surface area contributed by atoms with Crippen LogP contribution in [0.3, 0.4) is 0 Å². The molecule has 0 radical (unpaired) electrons. The molecule has 1 heterocycles. The third-order valence-corrected chi connectivity index (χ3v) is 0.909. The molecular weight excluding hydrogens is 138 g/mol. The number of nitrogens with zero attached hydrogens (tertiary/aromatic N) is 2. The first-order chi connectivity index (χ1) is 4.74. The summed E-state index contributed by atoms with van der Waals surface area (Å²) in [6.45, 7) is 0. The van der Waals surface area contributed by atoms with E-state index in [-0.39, 0.29) is 11.6 Å². The Labute approximate surface area is 55.3 Å². The molecule has 7 heteroatoms. The van der Waals surface area contributed by atoms with Crippen molar-refractivity contribution in [1.82, 2.24) is 10.2 Å². The van der Waals surface area contributed by atoms with Gasteiger partial charge in [-0.2, -0.15) is 0 Å². The minimum absolute atomic E-state index is 0.187. The number of nitrogen functional groups attached to an aromatic ring is 1. The van der Waals surface area contributed by atoms with Gasteiger partial charge in [-0.1, -0.05) is 5.10 Å². The lowest BCUT2D eigenvalue weighted by molar-refractivity contribution is -0.389. The van der Waals surface area contributed by atoms with Crippen molar-refractivity contribution in [3.63, 3.8) is 0 Å². The number of anilines is 1. The summed E-state index contributed by atoms with van der Waals surface area (Å²) in [4.78, 5) is 9.41. The number of hydrazine groups is 1. The molecule has 0 bridgehead atoms. The van der Waals surface area contributed by atoms with Crippen molar-refractivity contribution >= 4 is 11.6 Å². The fourth-order valence-electron chi connectivity index (χ4n) is 0.479. The SMILES string of the molecule is NNc1cc([N+](=O)[O-])[nH]n1. The van der Waals surface area contributed by atoms with Gasteiger partial charge in [0.2, 0.25) is 0 Å². The largest absolute Gasteiger partial charge is 0.358 e. The van der Waals surface area contributed by atoms with E-state index >= 15 is 0 Å². The Morgan fingerprint density at radius 2 is 2.60 bits per heavy atom. The number of aromatic amines is 1. The van der Waals surface area contributed by atoms with Gasteiger partial charge < -0.3 is 15.5 Å². The molecule has 0 spiro atoms. The standard InChI is InChI=1S/C3H5N5O2/c4-5-2-1-3(7-6-2)8(9)10/h1H,4H2,(H2,5,6,7). The fraction of sp³-hybridized carbons (Fsp3) is 0. The lowest BCUT2D eigenvalue weighted by Gasteiger charge is -1.85. The zero-order chi connectivity index (χ0) is 7.56. The Bertz CT molecular complexity index is 243. The summed E-state index contributed by atoms with van der Waals surface area (Å²) >= 11 is 0. The third-order valence-electron chi connectivity index (χ3n) is 0.909. The van der Waals surface area contributed by atoms with Gasteiger partial charge in [0, 0.05) is 0 Å². The van der Waals surface area contributed by atoms with Crippen LogP contribution in [0.1, 0.15) is 0 Å². The molecule has 1 aromatic heterocycles. The molecule has 0 saturated carbocycles. The Kier molecular flexibility index (Phi) is 1.50. The zero-order valence-corrected chi connectivity index (χ0v) is 4.87. The lowest BCUT2D eigenvalue weighted by Crippen LogP contribution is -2.06. The summed E-state index contributed by atoms with van der Waals surface area (Å²) < 4.78 is 0. The second-order valence-corrected chi connectivity index (χ2v) is 1.54. The number of rotatable bonds is 2. The summed E-state index contributed by atoms with van der Waals surface area (Å²) in [5, 5.41) is 15.6. The van der Waals surface area contributed by atoms with Crippen LogP contribution in [-0.4, -0.2) is 15.1 Å². The molecule has 0 atom stereocenters. The molecule has 1 aromatic rings. The lowest BCUT2D eigenvalue weighted by atomic mass is 10.6. The van der Waals surface area contributed by atoms with Gasteiger partial charge in [-0.25, -0.2) is 5.84 Å². The van der Waals surface area contributed by atoms with Crippen molar-refractivity contribution in [2.45, 2.75) is 0 Å². The van der Waals surface area contributed by atoms with Gasteiger partial charge in [0.1, 0.15) is 0 Å². The van der Waals surface area contributed by atoms with Crippen LogP contribution >= 0.6 is 0 Å². The highest BCUT2D eigenvalue weighted by molar-refractivity contribution is 5.39. The first-order valence-electron chi connectivity index (χ1n) is 2.40. The second kappa shape index (κ2) is 2.31. The zero-order valence-electron chi connectivity index (χ0n) is 4.87. The quantitative estimate of drug-likeness (QED) is 0.296. The third kappa shape index (κ3) is 1.03. The van der Waals surface area contributed by atoms with Crippen molar-refractivity contribution in [2.75, 3.05) is 5.43 Å². The number of aromatic nitrogens is 2. The highest BCUT2D eigenvalue weighted by Gasteiger charge is 2.07. The minimum atomic E-state index is -0.589. The van der Waals surface area contributed by atoms with Crippen molar-refractivity contribution in [3.05, 3.63) is 16.2 Å². The van der Waals surface area contributed by atoms with E-state index in [2.05, 4.69) is 15.6 Å². The van der Waals surface area contributed by atoms with E-state index in [4.69, 9.17) is 5.84 Å². The number of hydrogen-bond acceptors (Lipinski definition) is 5. The van der Waals surface area contributed by atoms with Gasteiger partial charge >= 0.3 is 5.82 Å². The van der Waals surface area contributed by atoms with Gasteiger partial charge in [0.05, 0.1) is 6.07 Å². The number of nitro groups is 1. The van der Waals surface area contributed by atoms with Crippen LogP contribution in [0, 0.1) is 10.1 Å². The normalized spacial score (nSPS) is 9.30. The van der Waals surface area contributed by atoms with Crippen LogP contribution in [0.25, 0.3) is 0 Å². The van der Waals surface area contributed by atoms with Gasteiger partial charge in [-0.05, 0) is 4.92 Å². The fourth-order valence-corrected chi connectivity index (χ4v) is 0.479. The Balaban J connectivity index is 2.88. The molecule has 4 N–H and O–H groups in total. The maximum Gasteiger partial charge on any atom is 0.344 e. The molecule has 1 rings (SSSR count). The van der Waals surface area contributed by atoms with E-state index in [0.29, 0.717) is 0 Å². The van der Waals surface area contributed by atoms with Crippen LogP contribution in [-0.2, 0) is 0 Å². The molecule has 7 nitrogen and oxygen atoms in total. The summed E-state index contributed by atoms with van der Waals surface area (Å²) in [6.07, 6.45) is 0. The molecule has 0 amide bonds. The Morgan fingerprint density at radius 3 is 2.90 bits per heavy atom. The number of hydrogen-bond donors (Lipinski definition) is 3. The van der Waals surface area contributed by atoms with E-state index in [9.17, 15) is 10.1 Å². The molecule has 0 aliphatic rings. The molecule has 54 valence electrons. The van der Waals surface area contributed by atoms with E-state index < -0.39 is 4.92 Å². The average Bonchev–Trinajstić information content (AvgIpc) is 2.34. The van der Waals surface area contributed by atoms with Crippen LogP contribution in [0.5, 0.6) is 0 Å². The van der Waals surface area contributed by atoms with E-state index in [0.717, 1.165) is 0 Å². The predicted octanol–water partition coefficient (Wildman–Crippen LogP) is -0.397. The summed E-state index contributed by atoms with van der Waals surface area (Å²) in [5.41, 5.74) is 2.16. The molecule has 0 unspecified atom stereocenters. The van der Waals surface area contributed by atoms with Gasteiger partial charge in [-0.3, -0.25) is 0 Å². The van der Waals surface area contributed by atoms with E-state index in [1.807, 2.05) is 0 Å². The van der Waals surface area contributed by atoms with Gasteiger partial charge in [0.15, 0.2) is 5.82 Å². The highest BCUT2D eigenvalue weighted by Crippen LogP contribution is 2.09. The first kappa shape index (κ1) is 6.49. The van der Waals surface area contributed by atoms with Crippen molar-refractivity contribution < 1.29 is 4.92 Å². The molecule has 0 saturated heterocycles. The molecule has 0 fully saturated rings. The average molecular weight is 143 g/mol. The van der Waals surface area contributed by atoms with Crippen LogP contribution < -0.4 is 11.3 Å². The molecular formula is C3H5N5O2. The maximum absolute atomic E-state index is 10.00. The van der Waals surface area contributed by atoms with Crippen LogP contribution in [0.2, 0.25) is 0 Å². The van der Waals surface area contributed by atoms with E-state index in [1.54, 1.807) is 0 Å². The van der Waals surface area contributed by atoms with Crippen molar-refractivity contribution in [3.8, 4) is 0 Å². The Hall–Kier alpha value is -1.63. The highest BCUT2D eigenvalue weighted by atomic mass is 16.6. The number of nitrogens with one attached hydrogen (secondary N) is 2. The molecule has 0 aromatic carbocycles. The number of H-pyrrole nitrogens is 1. The second-order valence-electron chi connectivity index (χ2n) is 1.54. The smallest absolute Gasteiger partial charge is 0.344 e. The topological polar surface area (TPSA) is 110 Å².